The summed E-state index contributed by atoms with van der Waals surface area (Å²) in [5.41, 5.74) is 0. The number of ether oxygens (including phenoxy) is 2. The van der Waals surface area contributed by atoms with E-state index in [0.717, 1.165) is 63.1 Å². The third-order valence-corrected chi connectivity index (χ3v) is 5.91. The van der Waals surface area contributed by atoms with Gasteiger partial charge in [-0.05, 0) is 36.9 Å². The van der Waals surface area contributed by atoms with E-state index in [0.29, 0.717) is 25.0 Å². The van der Waals surface area contributed by atoms with Crippen LogP contribution in [0.15, 0.2) is 0 Å². The summed E-state index contributed by atoms with van der Waals surface area (Å²) in [5, 5.41) is 2.21. The lowest BCUT2D eigenvalue weighted by Gasteiger charge is -2.18. The first-order valence-electron chi connectivity index (χ1n) is 10.9. The molecule has 0 aromatic heterocycles. The van der Waals surface area contributed by atoms with Gasteiger partial charge in [-0.1, -0.05) is 83.9 Å². The van der Waals surface area contributed by atoms with Gasteiger partial charge in [0.15, 0.2) is 0 Å². The Hall–Kier alpha value is -1.15. The Kier molecular flexibility index (Phi) is 17.2. The molecule has 0 amide bonds. The van der Waals surface area contributed by atoms with E-state index in [1.807, 2.05) is 0 Å². The first-order valence-corrected chi connectivity index (χ1v) is 11.8. The number of esters is 2. The summed E-state index contributed by atoms with van der Waals surface area (Å²) in [6.07, 6.45) is 8.67. The normalized spacial score (nSPS) is 13.8. The highest BCUT2D eigenvalue weighted by atomic mass is 32.2. The molecule has 0 aliphatic carbocycles. The van der Waals surface area contributed by atoms with Gasteiger partial charge >= 0.3 is 11.9 Å². The van der Waals surface area contributed by atoms with Crippen LogP contribution in [0.2, 0.25) is 0 Å². The number of carbonyl (C=O) groups is 2. The minimum atomic E-state index is -0.626. The molecule has 0 fully saturated rings. The Balaban J connectivity index is 4.58. The Morgan fingerprint density at radius 1 is 0.893 bits per heavy atom. The molecule has 0 heterocycles. The van der Waals surface area contributed by atoms with E-state index >= 15 is 0 Å². The molecule has 3 unspecified atom stereocenters. The Morgan fingerprint density at radius 3 is 1.89 bits per heavy atom. The molecule has 0 aromatic carbocycles. The maximum Gasteiger partial charge on any atom is 0.320 e. The van der Waals surface area contributed by atoms with Gasteiger partial charge in [0.05, 0.1) is 19.6 Å². The largest absolute Gasteiger partial charge is 0.465 e. The molecule has 162 valence electrons. The third kappa shape index (κ3) is 13.1. The Bertz CT molecular complexity index is 481. The fraction of sp³-hybridized carbons (Fsp3) is 0.826. The van der Waals surface area contributed by atoms with Crippen molar-refractivity contribution >= 4 is 23.7 Å². The summed E-state index contributed by atoms with van der Waals surface area (Å²) in [6, 6.07) is 0. The number of hydrogen-bond acceptors (Lipinski definition) is 5. The quantitative estimate of drug-likeness (QED) is 0.231. The molecular formula is C23H40O4S. The van der Waals surface area contributed by atoms with Gasteiger partial charge in [0, 0.05) is 0 Å². The zero-order valence-electron chi connectivity index (χ0n) is 18.6. The monoisotopic (exact) mass is 412 g/mol. The van der Waals surface area contributed by atoms with Crippen molar-refractivity contribution in [3.8, 4) is 11.2 Å². The van der Waals surface area contributed by atoms with Gasteiger partial charge < -0.3 is 9.47 Å². The first-order chi connectivity index (χ1) is 13.5. The van der Waals surface area contributed by atoms with Gasteiger partial charge in [0.25, 0.3) is 0 Å². The molecule has 0 saturated carbocycles. The van der Waals surface area contributed by atoms with E-state index in [-0.39, 0.29) is 18.4 Å². The predicted octanol–water partition coefficient (Wildman–Crippen LogP) is 5.98. The van der Waals surface area contributed by atoms with Crippen molar-refractivity contribution < 1.29 is 19.1 Å². The summed E-state index contributed by atoms with van der Waals surface area (Å²) >= 11 is 1.15. The van der Waals surface area contributed by atoms with Crippen molar-refractivity contribution in [2.45, 2.75) is 97.7 Å². The van der Waals surface area contributed by atoms with Gasteiger partial charge in [0.2, 0.25) is 0 Å². The van der Waals surface area contributed by atoms with Crippen LogP contribution in [-0.2, 0) is 19.1 Å². The summed E-state index contributed by atoms with van der Waals surface area (Å²) in [7, 11) is 0. The van der Waals surface area contributed by atoms with Gasteiger partial charge in [-0.25, -0.2) is 0 Å². The third-order valence-electron chi connectivity index (χ3n) is 4.95. The van der Waals surface area contributed by atoms with Gasteiger partial charge in [-0.3, -0.25) is 9.59 Å². The van der Waals surface area contributed by atoms with Crippen LogP contribution in [-0.4, -0.2) is 30.4 Å². The van der Waals surface area contributed by atoms with Crippen LogP contribution in [0.5, 0.6) is 0 Å². The number of hydrogen-bond donors (Lipinski definition) is 0. The van der Waals surface area contributed by atoms with Gasteiger partial charge in [-0.2, -0.15) is 0 Å². The highest BCUT2D eigenvalue weighted by Gasteiger charge is 2.26. The van der Waals surface area contributed by atoms with E-state index in [2.05, 4.69) is 38.9 Å². The van der Waals surface area contributed by atoms with Crippen LogP contribution in [0.1, 0.15) is 92.4 Å². The fourth-order valence-corrected chi connectivity index (χ4v) is 3.46. The molecule has 0 rings (SSSR count). The minimum Gasteiger partial charge on any atom is -0.465 e. The zero-order valence-corrected chi connectivity index (χ0v) is 19.4. The van der Waals surface area contributed by atoms with Crippen molar-refractivity contribution in [3.63, 3.8) is 0 Å². The highest BCUT2D eigenvalue weighted by molar-refractivity contribution is 8.05. The molecule has 0 spiro atoms. The second-order valence-electron chi connectivity index (χ2n) is 7.31. The fourth-order valence-electron chi connectivity index (χ4n) is 2.81. The van der Waals surface area contributed by atoms with E-state index in [4.69, 9.17) is 9.47 Å². The highest BCUT2D eigenvalue weighted by Crippen LogP contribution is 2.20. The Morgan fingerprint density at radius 2 is 1.43 bits per heavy atom. The number of rotatable bonds is 16. The van der Waals surface area contributed by atoms with E-state index < -0.39 is 5.25 Å². The molecule has 3 atom stereocenters. The van der Waals surface area contributed by atoms with Crippen molar-refractivity contribution in [2.24, 2.45) is 11.8 Å². The molecule has 0 N–H and O–H groups in total. The molecule has 0 aliphatic heterocycles. The second-order valence-corrected chi connectivity index (χ2v) is 8.32. The predicted molar refractivity (Wildman–Crippen MR) is 118 cm³/mol. The molecule has 28 heavy (non-hydrogen) atoms. The molecule has 0 saturated heterocycles. The summed E-state index contributed by atoms with van der Waals surface area (Å²) in [4.78, 5) is 24.8. The van der Waals surface area contributed by atoms with Crippen LogP contribution in [0.4, 0.5) is 0 Å². The first kappa shape index (κ1) is 26.9. The zero-order chi connectivity index (χ0) is 21.2. The summed E-state index contributed by atoms with van der Waals surface area (Å²) in [5.74, 6) is 2.82. The average Bonchev–Trinajstić information content (AvgIpc) is 2.71. The lowest BCUT2D eigenvalue weighted by atomic mass is 10.0. The smallest absolute Gasteiger partial charge is 0.320 e. The summed E-state index contributed by atoms with van der Waals surface area (Å²) < 4.78 is 11.0. The molecule has 0 aromatic rings. The maximum atomic E-state index is 12.5. The molecule has 0 radical (unpaired) electrons. The SMILES string of the molecule is CC#CSC(CC(=O)OCC(CC)CCCC)C(=O)OCC(CC)CCCC. The maximum absolute atomic E-state index is 12.5. The Labute approximate surface area is 176 Å². The van der Waals surface area contributed by atoms with Crippen molar-refractivity contribution in [2.75, 3.05) is 13.2 Å². The molecule has 4 nitrogen and oxygen atoms in total. The van der Waals surface area contributed by atoms with Crippen LogP contribution in [0.3, 0.4) is 0 Å². The standard InChI is InChI=1S/C23H40O4S/c1-6-11-13-19(9-4)17-26-22(24)16-21(28-15-8-3)23(25)27-18-20(10-5)14-12-7-2/h19-21H,6-7,9-14,16-18H2,1-5H3. The minimum absolute atomic E-state index is 0.00808. The molecule has 0 bridgehead atoms. The number of thioether (sulfide) groups is 1. The molecule has 0 aliphatic rings. The average molecular weight is 413 g/mol. The number of unbranched alkanes of at least 4 members (excludes halogenated alkanes) is 2. The van der Waals surface area contributed by atoms with Gasteiger partial charge in [-0.15, -0.1) is 0 Å². The van der Waals surface area contributed by atoms with E-state index in [9.17, 15) is 9.59 Å². The van der Waals surface area contributed by atoms with E-state index in [1.165, 1.54) is 0 Å². The summed E-state index contributed by atoms with van der Waals surface area (Å²) in [6.45, 7) is 11.1. The lowest BCUT2D eigenvalue weighted by molar-refractivity contribution is -0.151. The van der Waals surface area contributed by atoms with Gasteiger partial charge in [0.1, 0.15) is 5.25 Å². The molecule has 5 heteroatoms. The topological polar surface area (TPSA) is 52.6 Å². The van der Waals surface area contributed by atoms with Crippen LogP contribution < -0.4 is 0 Å². The van der Waals surface area contributed by atoms with Crippen LogP contribution in [0, 0.1) is 23.0 Å². The van der Waals surface area contributed by atoms with Crippen LogP contribution >= 0.6 is 11.8 Å². The van der Waals surface area contributed by atoms with Crippen molar-refractivity contribution in [3.05, 3.63) is 0 Å². The van der Waals surface area contributed by atoms with Crippen molar-refractivity contribution in [1.82, 2.24) is 0 Å². The van der Waals surface area contributed by atoms with Crippen molar-refractivity contribution in [1.29, 1.82) is 0 Å². The van der Waals surface area contributed by atoms with E-state index in [1.54, 1.807) is 6.92 Å². The van der Waals surface area contributed by atoms with Crippen LogP contribution in [0.25, 0.3) is 0 Å². The lowest BCUT2D eigenvalue weighted by Crippen LogP contribution is -2.27. The second kappa shape index (κ2) is 17.9. The number of carbonyl (C=O) groups excluding carboxylic acids is 2. The molecular weight excluding hydrogens is 372 g/mol.